The fourth-order valence-corrected chi connectivity index (χ4v) is 2.83. The molecule has 5 heteroatoms. The van der Waals surface area contributed by atoms with Crippen LogP contribution in [0, 0.1) is 12.8 Å². The first-order valence-electron chi connectivity index (χ1n) is 6.91. The van der Waals surface area contributed by atoms with Gasteiger partial charge in [-0.05, 0) is 12.5 Å². The number of nitrogens with zero attached hydrogens (tertiary/aromatic N) is 3. The van der Waals surface area contributed by atoms with Crippen molar-refractivity contribution in [2.45, 2.75) is 13.1 Å². The topological polar surface area (TPSA) is 59.3 Å². The number of amides is 1. The van der Waals surface area contributed by atoms with Gasteiger partial charge in [-0.15, -0.1) is 0 Å². The number of aliphatic imine (C=N–C) groups is 1. The molecule has 0 spiro atoms. The van der Waals surface area contributed by atoms with Gasteiger partial charge in [-0.25, -0.2) is 9.67 Å². The number of aryl methyl sites for hydroxylation is 1. The van der Waals surface area contributed by atoms with Crippen LogP contribution in [0.4, 0.5) is 5.82 Å². The van der Waals surface area contributed by atoms with E-state index in [1.54, 1.807) is 4.68 Å². The highest BCUT2D eigenvalue weighted by Crippen LogP contribution is 2.33. The number of nitrogens with one attached hydrogen (secondary N) is 1. The van der Waals surface area contributed by atoms with Crippen molar-refractivity contribution in [2.75, 3.05) is 0 Å². The van der Waals surface area contributed by atoms with E-state index in [2.05, 4.69) is 15.4 Å². The summed E-state index contributed by atoms with van der Waals surface area (Å²) in [5, 5.41) is 7.47. The third-order valence-corrected chi connectivity index (χ3v) is 3.81. The van der Waals surface area contributed by atoms with Gasteiger partial charge in [-0.2, -0.15) is 5.10 Å². The highest BCUT2D eigenvalue weighted by molar-refractivity contribution is 6.20. The highest BCUT2D eigenvalue weighted by Gasteiger charge is 2.33. The second-order valence-electron chi connectivity index (χ2n) is 5.31. The highest BCUT2D eigenvalue weighted by atomic mass is 16.2. The first-order chi connectivity index (χ1) is 10.2. The average molecular weight is 278 g/mol. The predicted molar refractivity (Wildman–Crippen MR) is 80.2 cm³/mol. The van der Waals surface area contributed by atoms with E-state index in [1.807, 2.05) is 55.6 Å². The summed E-state index contributed by atoms with van der Waals surface area (Å²) in [6, 6.07) is 11.6. The lowest BCUT2D eigenvalue weighted by Crippen LogP contribution is -2.43. The Bertz CT molecular complexity index is 773. The molecular weight excluding hydrogens is 264 g/mol. The van der Waals surface area contributed by atoms with Crippen molar-refractivity contribution in [2.24, 2.45) is 10.9 Å². The van der Waals surface area contributed by atoms with Crippen molar-refractivity contribution in [3.63, 3.8) is 0 Å². The quantitative estimate of drug-likeness (QED) is 0.869. The number of fused-ring (bicyclic) bond motifs is 3. The lowest BCUT2D eigenvalue weighted by Gasteiger charge is -2.31. The second kappa shape index (κ2) is 4.41. The maximum absolute atomic E-state index is 12.4. The Morgan fingerprint density at radius 2 is 2.05 bits per heavy atom. The normalized spacial score (nSPS) is 23.1. The molecule has 2 aliphatic heterocycles. The molecule has 1 N–H and O–H groups in total. The van der Waals surface area contributed by atoms with Crippen LogP contribution in [0.5, 0.6) is 0 Å². The van der Waals surface area contributed by atoms with Gasteiger partial charge in [0.05, 0.1) is 11.6 Å². The molecule has 2 aromatic rings. The predicted octanol–water partition coefficient (Wildman–Crippen LogP) is 2.24. The van der Waals surface area contributed by atoms with E-state index >= 15 is 0 Å². The molecular formula is C16H14N4O. The molecule has 0 bridgehead atoms. The molecule has 0 saturated carbocycles. The summed E-state index contributed by atoms with van der Waals surface area (Å²) in [6.07, 6.45) is 3.66. The Hall–Kier alpha value is -2.69. The first-order valence-corrected chi connectivity index (χ1v) is 6.91. The molecule has 1 aromatic carbocycles. The Balaban J connectivity index is 1.77. The Kier molecular flexibility index (Phi) is 2.54. The smallest absolute Gasteiger partial charge is 0.253 e. The van der Waals surface area contributed by atoms with Gasteiger partial charge in [0.2, 0.25) is 0 Å². The van der Waals surface area contributed by atoms with Crippen LogP contribution in [0.15, 0.2) is 47.5 Å². The maximum atomic E-state index is 12.4. The summed E-state index contributed by atoms with van der Waals surface area (Å²) in [6.45, 7) is 1.92. The van der Waals surface area contributed by atoms with Gasteiger partial charge in [0.15, 0.2) is 5.82 Å². The van der Waals surface area contributed by atoms with E-state index in [1.165, 1.54) is 0 Å². The van der Waals surface area contributed by atoms with Crippen LogP contribution in [-0.4, -0.2) is 21.9 Å². The molecule has 4 rings (SSSR count). The molecule has 104 valence electrons. The van der Waals surface area contributed by atoms with Crippen molar-refractivity contribution in [1.29, 1.82) is 0 Å². The van der Waals surface area contributed by atoms with Crippen LogP contribution >= 0.6 is 0 Å². The van der Waals surface area contributed by atoms with Crippen molar-refractivity contribution in [1.82, 2.24) is 15.1 Å². The molecule has 0 aliphatic carbocycles. The lowest BCUT2D eigenvalue weighted by atomic mass is 9.93. The van der Waals surface area contributed by atoms with Crippen LogP contribution in [0.3, 0.4) is 0 Å². The zero-order valence-electron chi connectivity index (χ0n) is 11.5. The van der Waals surface area contributed by atoms with Gasteiger partial charge in [-0.1, -0.05) is 36.4 Å². The number of aromatic nitrogens is 2. The van der Waals surface area contributed by atoms with Crippen LogP contribution in [-0.2, 0) is 4.79 Å². The Morgan fingerprint density at radius 1 is 1.24 bits per heavy atom. The minimum Gasteiger partial charge on any atom is -0.329 e. The number of hydrogen-bond acceptors (Lipinski definition) is 3. The molecule has 0 fully saturated rings. The van der Waals surface area contributed by atoms with E-state index in [0.717, 1.165) is 17.1 Å². The number of hydrogen-bond donors (Lipinski definition) is 1. The zero-order chi connectivity index (χ0) is 14.4. The summed E-state index contributed by atoms with van der Waals surface area (Å²) in [5.41, 5.74) is 2.51. The molecule has 2 atom stereocenters. The standard InChI is InChI=1S/C16H14N4O/c1-10-7-14-17-9-12-8-13(11-5-3-2-4-6-11)16(21)18-15(12)20(14)19-10/h2-9,12,15H,1H3,(H,18,21). The van der Waals surface area contributed by atoms with Crippen molar-refractivity contribution in [3.8, 4) is 0 Å². The molecule has 0 saturated heterocycles. The van der Waals surface area contributed by atoms with Crippen molar-refractivity contribution < 1.29 is 4.79 Å². The van der Waals surface area contributed by atoms with Crippen LogP contribution < -0.4 is 5.32 Å². The molecule has 2 unspecified atom stereocenters. The molecule has 5 nitrogen and oxygen atoms in total. The van der Waals surface area contributed by atoms with Crippen molar-refractivity contribution >= 4 is 23.5 Å². The van der Waals surface area contributed by atoms with E-state index < -0.39 is 0 Å². The Labute approximate surface area is 122 Å². The number of rotatable bonds is 1. The van der Waals surface area contributed by atoms with Gasteiger partial charge >= 0.3 is 0 Å². The molecule has 21 heavy (non-hydrogen) atoms. The zero-order valence-corrected chi connectivity index (χ0v) is 11.5. The third kappa shape index (κ3) is 1.89. The van der Waals surface area contributed by atoms with Gasteiger partial charge in [0.1, 0.15) is 6.17 Å². The molecule has 1 amide bonds. The molecule has 1 aromatic heterocycles. The number of benzene rings is 1. The molecule has 0 radical (unpaired) electrons. The average Bonchev–Trinajstić information content (AvgIpc) is 2.88. The maximum Gasteiger partial charge on any atom is 0.253 e. The summed E-state index contributed by atoms with van der Waals surface area (Å²) in [5.74, 6) is 0.729. The lowest BCUT2D eigenvalue weighted by molar-refractivity contribution is -0.117. The SMILES string of the molecule is Cc1cc2n(n1)C1NC(=O)C(c3ccccc3)=CC1C=N2. The van der Waals surface area contributed by atoms with Gasteiger partial charge < -0.3 is 5.32 Å². The van der Waals surface area contributed by atoms with E-state index in [4.69, 9.17) is 0 Å². The summed E-state index contributed by atoms with van der Waals surface area (Å²) in [4.78, 5) is 16.8. The van der Waals surface area contributed by atoms with Crippen LogP contribution in [0.25, 0.3) is 5.57 Å². The largest absolute Gasteiger partial charge is 0.329 e. The van der Waals surface area contributed by atoms with Gasteiger partial charge in [0.25, 0.3) is 5.91 Å². The number of carbonyl (C=O) groups excluding carboxylic acids is 1. The van der Waals surface area contributed by atoms with E-state index in [-0.39, 0.29) is 18.0 Å². The third-order valence-electron chi connectivity index (χ3n) is 3.81. The van der Waals surface area contributed by atoms with E-state index in [9.17, 15) is 4.79 Å². The van der Waals surface area contributed by atoms with Gasteiger partial charge in [-0.3, -0.25) is 4.79 Å². The summed E-state index contributed by atoms with van der Waals surface area (Å²) < 4.78 is 1.79. The van der Waals surface area contributed by atoms with E-state index in [0.29, 0.717) is 5.57 Å². The van der Waals surface area contributed by atoms with Gasteiger partial charge in [0, 0.05) is 17.9 Å². The second-order valence-corrected chi connectivity index (χ2v) is 5.31. The minimum atomic E-state index is -0.189. The van der Waals surface area contributed by atoms with Crippen LogP contribution in [0.1, 0.15) is 17.4 Å². The summed E-state index contributed by atoms with van der Waals surface area (Å²) in [7, 11) is 0. The fourth-order valence-electron chi connectivity index (χ4n) is 2.83. The first kappa shape index (κ1) is 12.1. The summed E-state index contributed by atoms with van der Waals surface area (Å²) >= 11 is 0. The Morgan fingerprint density at radius 3 is 2.86 bits per heavy atom. The number of carbonyl (C=O) groups is 1. The monoisotopic (exact) mass is 278 g/mol. The van der Waals surface area contributed by atoms with Crippen LogP contribution in [0.2, 0.25) is 0 Å². The molecule has 2 aliphatic rings. The van der Waals surface area contributed by atoms with Crippen molar-refractivity contribution in [3.05, 3.63) is 53.7 Å². The fraction of sp³-hybridized carbons (Fsp3) is 0.188. The minimum absolute atomic E-state index is 0.0182. The molecule has 3 heterocycles.